The van der Waals surface area contributed by atoms with Crippen LogP contribution in [-0.4, -0.2) is 25.0 Å². The van der Waals surface area contributed by atoms with Crippen LogP contribution in [0.1, 0.15) is 17.2 Å². The average Bonchev–Trinajstić information content (AvgIpc) is 2.48. The van der Waals surface area contributed by atoms with E-state index in [0.29, 0.717) is 6.07 Å². The molecule has 19 heavy (non-hydrogen) atoms. The lowest BCUT2D eigenvalue weighted by Gasteiger charge is -2.16. The zero-order chi connectivity index (χ0) is 14.6. The fourth-order valence-electron chi connectivity index (χ4n) is 1.97. The van der Waals surface area contributed by atoms with E-state index in [1.54, 1.807) is 0 Å². The normalized spacial score (nSPS) is 22.3. The topological polar surface area (TPSA) is 54.4 Å². The van der Waals surface area contributed by atoms with Gasteiger partial charge in [-0.1, -0.05) is 12.1 Å². The summed E-state index contributed by atoms with van der Waals surface area (Å²) in [4.78, 5) is -1.32. The first-order valence-electron chi connectivity index (χ1n) is 4.97. The molecule has 0 saturated carbocycles. The second kappa shape index (κ2) is 3.89. The summed E-state index contributed by atoms with van der Waals surface area (Å²) >= 11 is 0. The number of alkyl halides is 5. The van der Waals surface area contributed by atoms with Gasteiger partial charge < -0.3 is 5.11 Å². The van der Waals surface area contributed by atoms with Crippen LogP contribution in [0.25, 0.3) is 0 Å². The summed E-state index contributed by atoms with van der Waals surface area (Å²) in [5.41, 5.74) is -6.78. The van der Waals surface area contributed by atoms with Crippen LogP contribution in [0.15, 0.2) is 23.1 Å². The van der Waals surface area contributed by atoms with Crippen molar-refractivity contribution >= 4 is 9.84 Å². The van der Waals surface area contributed by atoms with Gasteiger partial charge in [-0.3, -0.25) is 0 Å². The molecule has 1 aliphatic rings. The summed E-state index contributed by atoms with van der Waals surface area (Å²) in [6, 6.07) is 2.56. The Morgan fingerprint density at radius 2 is 1.84 bits per heavy atom. The molecule has 0 amide bonds. The quantitative estimate of drug-likeness (QED) is 0.809. The predicted molar refractivity (Wildman–Crippen MR) is 53.3 cm³/mol. The number of aliphatic hydroxyl groups is 1. The van der Waals surface area contributed by atoms with Crippen molar-refractivity contribution in [3.63, 3.8) is 0 Å². The standard InChI is InChI=1S/C10H7F5O3S/c11-9(12)4-5-2-1-3-6(7(5)8(9)16)19(17,18)10(13,14)15/h1-3,8,16H,4H2. The first kappa shape index (κ1) is 14.2. The van der Waals surface area contributed by atoms with Crippen molar-refractivity contribution in [3.05, 3.63) is 29.3 Å². The summed E-state index contributed by atoms with van der Waals surface area (Å²) in [6.07, 6.45) is -3.55. The van der Waals surface area contributed by atoms with Crippen LogP contribution in [0.3, 0.4) is 0 Å². The summed E-state index contributed by atoms with van der Waals surface area (Å²) < 4.78 is 86.5. The summed E-state index contributed by atoms with van der Waals surface area (Å²) in [6.45, 7) is 0. The van der Waals surface area contributed by atoms with E-state index in [9.17, 15) is 35.5 Å². The van der Waals surface area contributed by atoms with Gasteiger partial charge in [-0.25, -0.2) is 17.2 Å². The molecule has 0 heterocycles. The molecule has 3 nitrogen and oxygen atoms in total. The Morgan fingerprint density at radius 1 is 1.26 bits per heavy atom. The molecular weight excluding hydrogens is 295 g/mol. The molecule has 9 heteroatoms. The maximum absolute atomic E-state index is 13.3. The fraction of sp³-hybridized carbons (Fsp3) is 0.400. The number of halogens is 5. The summed E-state index contributed by atoms with van der Waals surface area (Å²) in [5.74, 6) is -3.68. The fourth-order valence-corrected chi connectivity index (χ4v) is 3.01. The van der Waals surface area contributed by atoms with Gasteiger partial charge >= 0.3 is 5.51 Å². The summed E-state index contributed by atoms with van der Waals surface area (Å²) in [7, 11) is -5.78. The minimum absolute atomic E-state index is 0.303. The molecule has 0 saturated heterocycles. The number of sulfone groups is 1. The molecule has 0 aromatic heterocycles. The van der Waals surface area contributed by atoms with Gasteiger partial charge in [0.15, 0.2) is 0 Å². The zero-order valence-electron chi connectivity index (χ0n) is 9.08. The summed E-state index contributed by atoms with van der Waals surface area (Å²) in [5, 5.41) is 9.34. The van der Waals surface area contributed by atoms with Gasteiger partial charge in [0.1, 0.15) is 6.10 Å². The molecule has 1 aromatic carbocycles. The van der Waals surface area contributed by atoms with Crippen LogP contribution in [0.2, 0.25) is 0 Å². The lowest BCUT2D eigenvalue weighted by Crippen LogP contribution is -2.26. The molecule has 0 fully saturated rings. The van der Waals surface area contributed by atoms with Gasteiger partial charge in [0.05, 0.1) is 4.90 Å². The van der Waals surface area contributed by atoms with Crippen LogP contribution in [0.5, 0.6) is 0 Å². The van der Waals surface area contributed by atoms with E-state index in [2.05, 4.69) is 0 Å². The lowest BCUT2D eigenvalue weighted by molar-refractivity contribution is -0.0978. The Labute approximate surface area is 104 Å². The van der Waals surface area contributed by atoms with E-state index >= 15 is 0 Å². The third-order valence-corrected chi connectivity index (χ3v) is 4.39. The van der Waals surface area contributed by atoms with Crippen molar-refractivity contribution in [3.8, 4) is 0 Å². The smallest absolute Gasteiger partial charge is 0.382 e. The minimum atomic E-state index is -5.78. The number of rotatable bonds is 1. The molecule has 1 N–H and O–H groups in total. The Kier molecular flexibility index (Phi) is 2.91. The third kappa shape index (κ3) is 2.00. The van der Waals surface area contributed by atoms with Crippen molar-refractivity contribution in [2.75, 3.05) is 0 Å². The van der Waals surface area contributed by atoms with E-state index in [-0.39, 0.29) is 5.56 Å². The molecule has 1 atom stereocenters. The maximum atomic E-state index is 13.3. The van der Waals surface area contributed by atoms with E-state index < -0.39 is 44.3 Å². The highest BCUT2D eigenvalue weighted by Crippen LogP contribution is 2.47. The first-order valence-corrected chi connectivity index (χ1v) is 6.46. The Morgan fingerprint density at radius 3 is 2.37 bits per heavy atom. The van der Waals surface area contributed by atoms with E-state index in [0.717, 1.165) is 12.1 Å². The predicted octanol–water partition coefficient (Wildman–Crippen LogP) is 2.20. The van der Waals surface area contributed by atoms with Crippen molar-refractivity contribution in [1.82, 2.24) is 0 Å². The maximum Gasteiger partial charge on any atom is 0.501 e. The molecule has 0 bridgehead atoms. The number of hydrogen-bond acceptors (Lipinski definition) is 3. The van der Waals surface area contributed by atoms with Crippen molar-refractivity contribution in [1.29, 1.82) is 0 Å². The lowest BCUT2D eigenvalue weighted by atomic mass is 10.1. The van der Waals surface area contributed by atoms with E-state index in [1.165, 1.54) is 0 Å². The van der Waals surface area contributed by atoms with Crippen LogP contribution in [-0.2, 0) is 16.3 Å². The second-order valence-electron chi connectivity index (χ2n) is 4.12. The Bertz CT molecular complexity index is 621. The van der Waals surface area contributed by atoms with Gasteiger partial charge in [-0.2, -0.15) is 13.2 Å². The van der Waals surface area contributed by atoms with Gasteiger partial charge in [0.2, 0.25) is 0 Å². The highest BCUT2D eigenvalue weighted by atomic mass is 32.2. The highest BCUT2D eigenvalue weighted by Gasteiger charge is 2.53. The van der Waals surface area contributed by atoms with Gasteiger partial charge in [0, 0.05) is 12.0 Å². The number of benzene rings is 1. The molecule has 1 aliphatic carbocycles. The SMILES string of the molecule is O=S(=O)(c1cccc2c1C(O)C(F)(F)C2)C(F)(F)F. The molecule has 2 rings (SSSR count). The Hall–Kier alpha value is -1.22. The molecule has 0 spiro atoms. The molecule has 1 unspecified atom stereocenters. The minimum Gasteiger partial charge on any atom is -0.382 e. The molecule has 0 aliphatic heterocycles. The van der Waals surface area contributed by atoms with E-state index in [1.807, 2.05) is 0 Å². The van der Waals surface area contributed by atoms with Crippen LogP contribution in [0, 0.1) is 0 Å². The number of hydrogen-bond donors (Lipinski definition) is 1. The Balaban J connectivity index is 2.70. The first-order chi connectivity index (χ1) is 8.48. The highest BCUT2D eigenvalue weighted by molar-refractivity contribution is 7.92. The van der Waals surface area contributed by atoms with Gasteiger partial charge in [-0.05, 0) is 11.6 Å². The van der Waals surface area contributed by atoms with Gasteiger partial charge in [-0.15, -0.1) is 0 Å². The number of aliphatic hydroxyl groups excluding tert-OH is 1. The van der Waals surface area contributed by atoms with Crippen molar-refractivity contribution in [2.24, 2.45) is 0 Å². The van der Waals surface area contributed by atoms with Crippen LogP contribution < -0.4 is 0 Å². The van der Waals surface area contributed by atoms with Crippen LogP contribution >= 0.6 is 0 Å². The molecular formula is C10H7F5O3S. The second-order valence-corrected chi connectivity index (χ2v) is 6.03. The largest absolute Gasteiger partial charge is 0.501 e. The van der Waals surface area contributed by atoms with E-state index in [4.69, 9.17) is 0 Å². The van der Waals surface area contributed by atoms with Crippen molar-refractivity contribution in [2.45, 2.75) is 28.9 Å². The monoisotopic (exact) mass is 302 g/mol. The molecule has 106 valence electrons. The zero-order valence-corrected chi connectivity index (χ0v) is 9.89. The third-order valence-electron chi connectivity index (χ3n) is 2.85. The molecule has 1 aromatic rings. The van der Waals surface area contributed by atoms with Crippen LogP contribution in [0.4, 0.5) is 22.0 Å². The average molecular weight is 302 g/mol. The molecule has 0 radical (unpaired) electrons. The van der Waals surface area contributed by atoms with Gasteiger partial charge in [0.25, 0.3) is 15.8 Å². The number of fused-ring (bicyclic) bond motifs is 1. The van der Waals surface area contributed by atoms with Crippen molar-refractivity contribution < 1.29 is 35.5 Å².